The second-order valence-corrected chi connectivity index (χ2v) is 5.65. The van der Waals surface area contributed by atoms with Crippen molar-refractivity contribution in [2.75, 3.05) is 11.9 Å². The maximum absolute atomic E-state index is 10.8. The van der Waals surface area contributed by atoms with E-state index in [0.717, 1.165) is 18.7 Å². The standard InChI is InChI=1S/C17H25N3O/c1-13(19-12-11-14-5-3-2-4-6-14)15-7-9-16(10-8-15)20-17(18)21/h5,7-10,13,19H,2-4,6,11-12H2,1H3,(H3,18,20,21). The highest BCUT2D eigenvalue weighted by molar-refractivity contribution is 5.87. The summed E-state index contributed by atoms with van der Waals surface area (Å²) in [5.74, 6) is 0. The molecule has 4 heteroatoms. The number of primary amides is 1. The predicted molar refractivity (Wildman–Crippen MR) is 87.2 cm³/mol. The van der Waals surface area contributed by atoms with E-state index in [1.54, 1.807) is 5.57 Å². The molecule has 0 spiro atoms. The van der Waals surface area contributed by atoms with E-state index in [1.165, 1.54) is 31.2 Å². The summed E-state index contributed by atoms with van der Waals surface area (Å²) in [6, 6.07) is 7.56. The van der Waals surface area contributed by atoms with Gasteiger partial charge in [0.1, 0.15) is 0 Å². The van der Waals surface area contributed by atoms with Crippen LogP contribution in [0, 0.1) is 0 Å². The lowest BCUT2D eigenvalue weighted by Gasteiger charge is -2.17. The number of hydrogen-bond donors (Lipinski definition) is 3. The van der Waals surface area contributed by atoms with E-state index in [0.29, 0.717) is 6.04 Å². The van der Waals surface area contributed by atoms with Gasteiger partial charge in [-0.15, -0.1) is 0 Å². The number of amides is 2. The van der Waals surface area contributed by atoms with Crippen LogP contribution >= 0.6 is 0 Å². The molecular formula is C17H25N3O. The van der Waals surface area contributed by atoms with Crippen molar-refractivity contribution in [3.8, 4) is 0 Å². The third-order valence-corrected chi connectivity index (χ3v) is 3.96. The third kappa shape index (κ3) is 5.23. The third-order valence-electron chi connectivity index (χ3n) is 3.96. The van der Waals surface area contributed by atoms with Crippen molar-refractivity contribution in [1.29, 1.82) is 0 Å². The van der Waals surface area contributed by atoms with Crippen LogP contribution in [-0.4, -0.2) is 12.6 Å². The molecule has 1 aliphatic carbocycles. The van der Waals surface area contributed by atoms with Crippen LogP contribution in [0.4, 0.5) is 10.5 Å². The molecule has 0 saturated carbocycles. The highest BCUT2D eigenvalue weighted by Crippen LogP contribution is 2.20. The Morgan fingerprint density at radius 3 is 2.67 bits per heavy atom. The normalized spacial score (nSPS) is 16.1. The smallest absolute Gasteiger partial charge is 0.316 e. The molecule has 0 saturated heterocycles. The summed E-state index contributed by atoms with van der Waals surface area (Å²) in [6.45, 7) is 3.17. The Balaban J connectivity index is 1.78. The molecule has 2 rings (SSSR count). The van der Waals surface area contributed by atoms with Crippen molar-refractivity contribution in [3.63, 3.8) is 0 Å². The average Bonchev–Trinajstić information content (AvgIpc) is 2.48. The van der Waals surface area contributed by atoms with E-state index >= 15 is 0 Å². The second kappa shape index (κ2) is 7.84. The summed E-state index contributed by atoms with van der Waals surface area (Å²) >= 11 is 0. The number of allylic oxidation sites excluding steroid dienone is 1. The Morgan fingerprint density at radius 1 is 1.29 bits per heavy atom. The van der Waals surface area contributed by atoms with E-state index < -0.39 is 6.03 Å². The first-order chi connectivity index (χ1) is 10.1. The topological polar surface area (TPSA) is 67.2 Å². The molecule has 0 aliphatic heterocycles. The molecule has 0 heterocycles. The zero-order valence-electron chi connectivity index (χ0n) is 12.7. The number of rotatable bonds is 6. The minimum atomic E-state index is -0.533. The monoisotopic (exact) mass is 287 g/mol. The number of benzene rings is 1. The molecule has 1 aliphatic rings. The van der Waals surface area contributed by atoms with Crippen LogP contribution in [0.1, 0.15) is 50.6 Å². The number of carbonyl (C=O) groups is 1. The van der Waals surface area contributed by atoms with Gasteiger partial charge in [0.05, 0.1) is 0 Å². The van der Waals surface area contributed by atoms with Crippen molar-refractivity contribution in [3.05, 3.63) is 41.5 Å². The maximum Gasteiger partial charge on any atom is 0.316 e. The van der Waals surface area contributed by atoms with Crippen LogP contribution in [0.2, 0.25) is 0 Å². The first-order valence-electron chi connectivity index (χ1n) is 7.73. The minimum Gasteiger partial charge on any atom is -0.351 e. The Hall–Kier alpha value is -1.81. The quantitative estimate of drug-likeness (QED) is 0.698. The van der Waals surface area contributed by atoms with Crippen LogP contribution in [0.3, 0.4) is 0 Å². The van der Waals surface area contributed by atoms with Crippen molar-refractivity contribution >= 4 is 11.7 Å². The lowest BCUT2D eigenvalue weighted by molar-refractivity contribution is 0.259. The number of urea groups is 1. The lowest BCUT2D eigenvalue weighted by Crippen LogP contribution is -2.21. The van der Waals surface area contributed by atoms with Crippen LogP contribution < -0.4 is 16.4 Å². The summed E-state index contributed by atoms with van der Waals surface area (Å²) in [5.41, 5.74) is 8.63. The van der Waals surface area contributed by atoms with Crippen molar-refractivity contribution in [2.45, 2.75) is 45.1 Å². The Bertz CT molecular complexity index is 493. The van der Waals surface area contributed by atoms with E-state index in [-0.39, 0.29) is 0 Å². The Labute approximate surface area is 126 Å². The molecule has 1 unspecified atom stereocenters. The molecule has 0 fully saturated rings. The molecule has 1 atom stereocenters. The van der Waals surface area contributed by atoms with Crippen LogP contribution in [0.25, 0.3) is 0 Å². The molecule has 4 nitrogen and oxygen atoms in total. The Morgan fingerprint density at radius 2 is 2.05 bits per heavy atom. The summed E-state index contributed by atoms with van der Waals surface area (Å²) in [6.07, 6.45) is 8.75. The minimum absolute atomic E-state index is 0.303. The molecule has 114 valence electrons. The van der Waals surface area contributed by atoms with Crippen molar-refractivity contribution in [1.82, 2.24) is 5.32 Å². The lowest BCUT2D eigenvalue weighted by atomic mass is 9.97. The van der Waals surface area contributed by atoms with Gasteiger partial charge >= 0.3 is 6.03 Å². The van der Waals surface area contributed by atoms with Gasteiger partial charge in [-0.3, -0.25) is 0 Å². The van der Waals surface area contributed by atoms with Crippen molar-refractivity contribution in [2.24, 2.45) is 5.73 Å². The Kier molecular flexibility index (Phi) is 5.81. The van der Waals surface area contributed by atoms with Gasteiger partial charge in [-0.05, 0) is 63.3 Å². The average molecular weight is 287 g/mol. The van der Waals surface area contributed by atoms with Gasteiger partial charge in [0, 0.05) is 11.7 Å². The first kappa shape index (κ1) is 15.6. The molecular weight excluding hydrogens is 262 g/mol. The zero-order chi connectivity index (χ0) is 15.1. The predicted octanol–water partition coefficient (Wildman–Crippen LogP) is 3.72. The molecule has 1 aromatic rings. The molecule has 4 N–H and O–H groups in total. The van der Waals surface area contributed by atoms with Crippen LogP contribution in [0.5, 0.6) is 0 Å². The fourth-order valence-corrected chi connectivity index (χ4v) is 2.70. The van der Waals surface area contributed by atoms with E-state index in [2.05, 4.69) is 23.6 Å². The van der Waals surface area contributed by atoms with E-state index in [9.17, 15) is 4.79 Å². The summed E-state index contributed by atoms with van der Waals surface area (Å²) < 4.78 is 0. The molecule has 0 radical (unpaired) electrons. The van der Waals surface area contributed by atoms with E-state index in [4.69, 9.17) is 5.73 Å². The van der Waals surface area contributed by atoms with Crippen LogP contribution in [0.15, 0.2) is 35.9 Å². The molecule has 2 amide bonds. The van der Waals surface area contributed by atoms with Gasteiger partial charge in [-0.2, -0.15) is 0 Å². The number of anilines is 1. The van der Waals surface area contributed by atoms with Gasteiger partial charge in [-0.1, -0.05) is 23.8 Å². The largest absolute Gasteiger partial charge is 0.351 e. The molecule has 21 heavy (non-hydrogen) atoms. The maximum atomic E-state index is 10.8. The van der Waals surface area contributed by atoms with Gasteiger partial charge in [-0.25, -0.2) is 4.79 Å². The number of nitrogens with one attached hydrogen (secondary N) is 2. The van der Waals surface area contributed by atoms with Gasteiger partial charge in [0.2, 0.25) is 0 Å². The highest BCUT2D eigenvalue weighted by atomic mass is 16.2. The molecule has 1 aromatic carbocycles. The fourth-order valence-electron chi connectivity index (χ4n) is 2.70. The van der Waals surface area contributed by atoms with Crippen LogP contribution in [-0.2, 0) is 0 Å². The number of hydrogen-bond acceptors (Lipinski definition) is 2. The summed E-state index contributed by atoms with van der Waals surface area (Å²) in [4.78, 5) is 10.8. The zero-order valence-corrected chi connectivity index (χ0v) is 12.7. The van der Waals surface area contributed by atoms with Gasteiger partial charge < -0.3 is 16.4 Å². The van der Waals surface area contributed by atoms with Gasteiger partial charge in [0.25, 0.3) is 0 Å². The van der Waals surface area contributed by atoms with Crippen molar-refractivity contribution < 1.29 is 4.79 Å². The SMILES string of the molecule is CC(NCCC1=CCCCC1)c1ccc(NC(N)=O)cc1. The fraction of sp³-hybridized carbons (Fsp3) is 0.471. The molecule has 0 aromatic heterocycles. The highest BCUT2D eigenvalue weighted by Gasteiger charge is 2.07. The second-order valence-electron chi connectivity index (χ2n) is 5.65. The number of carbonyl (C=O) groups excluding carboxylic acids is 1. The van der Waals surface area contributed by atoms with E-state index in [1.807, 2.05) is 24.3 Å². The summed E-state index contributed by atoms with van der Waals surface area (Å²) in [7, 11) is 0. The number of nitrogens with two attached hydrogens (primary N) is 1. The summed E-state index contributed by atoms with van der Waals surface area (Å²) in [5, 5.41) is 6.12. The first-order valence-corrected chi connectivity index (χ1v) is 7.73. The molecule has 0 bridgehead atoms. The van der Waals surface area contributed by atoms with Gasteiger partial charge in [0.15, 0.2) is 0 Å².